The third kappa shape index (κ3) is 6.18. The first-order valence-electron chi connectivity index (χ1n) is 12.5. The number of hydrogen-bond acceptors (Lipinski definition) is 5. The van der Waals surface area contributed by atoms with Crippen LogP contribution in [0, 0.1) is 0 Å². The number of aryl methyl sites for hydroxylation is 1. The van der Waals surface area contributed by atoms with Gasteiger partial charge in [0.2, 0.25) is 5.91 Å². The van der Waals surface area contributed by atoms with Crippen LogP contribution in [0.15, 0.2) is 60.0 Å². The van der Waals surface area contributed by atoms with E-state index in [9.17, 15) is 9.90 Å². The van der Waals surface area contributed by atoms with Crippen LogP contribution in [0.5, 0.6) is 0 Å². The molecule has 0 aliphatic rings. The first-order valence-corrected chi connectivity index (χ1v) is 9.28. The van der Waals surface area contributed by atoms with E-state index < -0.39 is 37.5 Å². The number of nitrogens with two attached hydrogens (primary N) is 1. The highest BCUT2D eigenvalue weighted by atomic mass is 32.1. The predicted molar refractivity (Wildman–Crippen MR) is 114 cm³/mol. The molecule has 0 aliphatic carbocycles. The molecule has 28 heavy (non-hydrogen) atoms. The molecule has 0 aliphatic heterocycles. The summed E-state index contributed by atoms with van der Waals surface area (Å²) in [6.45, 7) is 0. The third-order valence-electron chi connectivity index (χ3n) is 3.68. The van der Waals surface area contributed by atoms with E-state index in [0.29, 0.717) is 5.56 Å². The second-order valence-electron chi connectivity index (χ2n) is 5.77. The Morgan fingerprint density at radius 1 is 1.29 bits per heavy atom. The standard InChI is InChI=1S/C22H25N3O2S/c23-22-25-19(15-28-22)14-21(27)24-18-12-10-16(11-13-18)6-4-5-9-20(26)17-7-2-1-3-8-17/h1-3,7-8,10-13,15,20,26H,4-6,9,14H2,(H2,23,25)(H,24,27)/t20-/m0/s1/i4D2,9D2,14D2,15D,20D. The van der Waals surface area contributed by atoms with E-state index in [1.807, 2.05) is 0 Å². The summed E-state index contributed by atoms with van der Waals surface area (Å²) in [4.78, 5) is 16.2. The second-order valence-corrected chi connectivity index (χ2v) is 6.60. The Labute approximate surface area is 180 Å². The maximum Gasteiger partial charge on any atom is 0.230 e. The summed E-state index contributed by atoms with van der Waals surface area (Å²) in [5.74, 6) is -1.05. The van der Waals surface area contributed by atoms with Crippen LogP contribution < -0.4 is 11.1 Å². The fraction of sp³-hybridized carbons (Fsp3) is 0.273. The van der Waals surface area contributed by atoms with Gasteiger partial charge in [-0.1, -0.05) is 48.9 Å². The Bertz CT molecular complexity index is 1220. The van der Waals surface area contributed by atoms with Crippen LogP contribution in [-0.2, 0) is 17.6 Å². The van der Waals surface area contributed by atoms with E-state index in [0.717, 1.165) is 11.3 Å². The Balaban J connectivity index is 1.68. The zero-order chi connectivity index (χ0) is 26.9. The van der Waals surface area contributed by atoms with Crippen LogP contribution in [0.3, 0.4) is 0 Å². The number of amides is 1. The van der Waals surface area contributed by atoms with Gasteiger partial charge in [0.1, 0.15) is 0 Å². The Kier molecular flexibility index (Phi) is 4.29. The van der Waals surface area contributed by atoms with Crippen molar-refractivity contribution >= 4 is 28.1 Å². The lowest BCUT2D eigenvalue weighted by Gasteiger charge is -2.10. The van der Waals surface area contributed by atoms with Crippen LogP contribution >= 0.6 is 11.3 Å². The Hall–Kier alpha value is -2.70. The number of nitrogens with one attached hydrogen (secondary N) is 1. The topological polar surface area (TPSA) is 88.2 Å². The summed E-state index contributed by atoms with van der Waals surface area (Å²) in [6.07, 6.45) is -11.0. The molecule has 3 aromatic rings. The van der Waals surface area contributed by atoms with E-state index in [1.54, 1.807) is 18.2 Å². The van der Waals surface area contributed by atoms with Crippen molar-refractivity contribution in [2.75, 3.05) is 11.1 Å². The molecule has 2 aromatic carbocycles. The van der Waals surface area contributed by atoms with Gasteiger partial charge in [-0.3, -0.25) is 4.79 Å². The normalized spacial score (nSPS) is 18.8. The maximum absolute atomic E-state index is 12.5. The van der Waals surface area contributed by atoms with Crippen molar-refractivity contribution in [2.24, 2.45) is 0 Å². The summed E-state index contributed by atoms with van der Waals surface area (Å²) in [7, 11) is 0. The lowest BCUT2D eigenvalue weighted by Crippen LogP contribution is -2.14. The van der Waals surface area contributed by atoms with Crippen molar-refractivity contribution in [1.29, 1.82) is 0 Å². The fourth-order valence-corrected chi connectivity index (χ4v) is 2.77. The van der Waals surface area contributed by atoms with E-state index in [4.69, 9.17) is 16.7 Å². The van der Waals surface area contributed by atoms with Gasteiger partial charge in [0.05, 0.1) is 20.9 Å². The zero-order valence-corrected chi connectivity index (χ0v) is 15.7. The second kappa shape index (κ2) is 10.0. The highest BCUT2D eigenvalue weighted by Crippen LogP contribution is 2.20. The number of nitrogens with zero attached hydrogens (tertiary/aromatic N) is 1. The molecule has 0 saturated heterocycles. The summed E-state index contributed by atoms with van der Waals surface area (Å²) in [5.41, 5.74) is 5.82. The molecule has 0 unspecified atom stereocenters. The molecule has 0 saturated carbocycles. The molecule has 146 valence electrons. The molecule has 0 bridgehead atoms. The molecule has 1 aromatic heterocycles. The maximum atomic E-state index is 12.5. The smallest absolute Gasteiger partial charge is 0.230 e. The number of hydrogen-bond donors (Lipinski definition) is 3. The Morgan fingerprint density at radius 2 is 2.04 bits per heavy atom. The highest BCUT2D eigenvalue weighted by Gasteiger charge is 2.08. The van der Waals surface area contributed by atoms with Gasteiger partial charge in [-0.05, 0) is 42.4 Å². The molecule has 1 amide bonds. The molecular weight excluding hydrogens is 370 g/mol. The predicted octanol–water partition coefficient (Wildman–Crippen LogP) is 4.35. The molecule has 4 N–H and O–H groups in total. The summed E-state index contributed by atoms with van der Waals surface area (Å²) < 4.78 is 65.1. The largest absolute Gasteiger partial charge is 0.388 e. The van der Waals surface area contributed by atoms with Gasteiger partial charge < -0.3 is 16.2 Å². The number of carbonyl (C=O) groups is 1. The Morgan fingerprint density at radius 3 is 2.71 bits per heavy atom. The van der Waals surface area contributed by atoms with Crippen LogP contribution in [0.4, 0.5) is 10.8 Å². The van der Waals surface area contributed by atoms with Gasteiger partial charge in [0.25, 0.3) is 0 Å². The van der Waals surface area contributed by atoms with E-state index >= 15 is 0 Å². The molecule has 0 spiro atoms. The van der Waals surface area contributed by atoms with E-state index in [1.165, 1.54) is 36.4 Å². The lowest BCUT2D eigenvalue weighted by atomic mass is 10.0. The lowest BCUT2D eigenvalue weighted by molar-refractivity contribution is -0.115. The quantitative estimate of drug-likeness (QED) is 0.495. The van der Waals surface area contributed by atoms with Gasteiger partial charge in [-0.2, -0.15) is 0 Å². The van der Waals surface area contributed by atoms with Crippen LogP contribution in [0.1, 0.15) is 53.0 Å². The molecule has 0 radical (unpaired) electrons. The van der Waals surface area contributed by atoms with Crippen LogP contribution in [-0.4, -0.2) is 16.0 Å². The first kappa shape index (κ1) is 12.0. The highest BCUT2D eigenvalue weighted by molar-refractivity contribution is 7.13. The number of aliphatic hydroxyl groups is 1. The number of anilines is 2. The van der Waals surface area contributed by atoms with Crippen molar-refractivity contribution in [3.63, 3.8) is 0 Å². The van der Waals surface area contributed by atoms with Crippen molar-refractivity contribution in [2.45, 2.75) is 38.0 Å². The van der Waals surface area contributed by atoms with Gasteiger partial charge in [0, 0.05) is 19.3 Å². The molecule has 1 heterocycles. The summed E-state index contributed by atoms with van der Waals surface area (Å²) in [6, 6.07) is 13.5. The van der Waals surface area contributed by atoms with Gasteiger partial charge in [-0.25, -0.2) is 4.98 Å². The van der Waals surface area contributed by atoms with Crippen molar-refractivity contribution < 1.29 is 20.9 Å². The monoisotopic (exact) mass is 403 g/mol. The molecule has 5 nitrogen and oxygen atoms in total. The summed E-state index contributed by atoms with van der Waals surface area (Å²) >= 11 is 0.755. The van der Waals surface area contributed by atoms with Crippen molar-refractivity contribution in [3.8, 4) is 0 Å². The average Bonchev–Trinajstić information content (AvgIpc) is 3.13. The average molecular weight is 404 g/mol. The van der Waals surface area contributed by atoms with E-state index in [-0.39, 0.29) is 33.9 Å². The number of rotatable bonds is 9. The van der Waals surface area contributed by atoms with Crippen molar-refractivity contribution in [1.82, 2.24) is 4.98 Å². The fourth-order valence-electron chi connectivity index (χ4n) is 2.34. The van der Waals surface area contributed by atoms with Crippen LogP contribution in [0.2, 0.25) is 0 Å². The third-order valence-corrected chi connectivity index (χ3v) is 4.27. The minimum atomic E-state index is -2.66. The number of nitrogen functional groups attached to an aromatic ring is 1. The molecule has 0 fully saturated rings. The van der Waals surface area contributed by atoms with Crippen molar-refractivity contribution in [3.05, 3.63) is 76.8 Å². The number of benzene rings is 2. The number of thiazole rings is 1. The number of aromatic nitrogens is 1. The summed E-state index contributed by atoms with van der Waals surface area (Å²) in [5, 5.41) is 12.7. The molecule has 3 rings (SSSR count). The van der Waals surface area contributed by atoms with Gasteiger partial charge in [0.15, 0.2) is 5.13 Å². The minimum Gasteiger partial charge on any atom is -0.388 e. The number of carbonyl (C=O) groups excluding carboxylic acids is 1. The SMILES string of the molecule is [2H]c1sc(N)nc1C([2H])([2H])C(=O)Nc1ccc(CC([2H])([2H])CC([2H])([2H])[C@]([2H])(O)c2ccccc2)cc1. The molecular formula is C22H25N3O2S. The van der Waals surface area contributed by atoms with Crippen LogP contribution in [0.25, 0.3) is 0 Å². The minimum absolute atomic E-state index is 0.0173. The van der Waals surface area contributed by atoms with Gasteiger partial charge >= 0.3 is 0 Å². The van der Waals surface area contributed by atoms with Gasteiger partial charge in [-0.15, -0.1) is 11.3 Å². The molecule has 1 atom stereocenters. The molecule has 6 heteroatoms. The zero-order valence-electron chi connectivity index (χ0n) is 22.9. The first-order chi connectivity index (χ1) is 16.5. The van der Waals surface area contributed by atoms with E-state index in [2.05, 4.69) is 10.3 Å².